The van der Waals surface area contributed by atoms with Crippen LogP contribution in [0.3, 0.4) is 0 Å². The highest BCUT2D eigenvalue weighted by molar-refractivity contribution is 7.99. The Bertz CT molecular complexity index is 850. The van der Waals surface area contributed by atoms with Gasteiger partial charge in [0.15, 0.2) is 0 Å². The first kappa shape index (κ1) is 16.7. The van der Waals surface area contributed by atoms with Gasteiger partial charge < -0.3 is 9.84 Å². The number of para-hydroxylation sites is 1. The van der Waals surface area contributed by atoms with Crippen LogP contribution >= 0.6 is 11.8 Å². The van der Waals surface area contributed by atoms with Gasteiger partial charge in [-0.2, -0.15) is 4.98 Å². The summed E-state index contributed by atoms with van der Waals surface area (Å²) in [5.74, 6) is 1.84. The summed E-state index contributed by atoms with van der Waals surface area (Å²) in [6, 6.07) is 9.72. The molecule has 1 N–H and O–H groups in total. The standard InChI is InChI=1S/C17H20N4O2S/c1-11-6-4-5-7-15(11)23-9-14(22)10-24-17-19-16-18-12(2)8-13(3)21(16)20-17/h4-8,14,22H,9-10H2,1-3H3/t14-/m0/s1. The topological polar surface area (TPSA) is 72.5 Å². The van der Waals surface area contributed by atoms with Gasteiger partial charge in [-0.15, -0.1) is 5.10 Å². The van der Waals surface area contributed by atoms with Gasteiger partial charge in [0.05, 0.1) is 6.10 Å². The number of nitrogens with zero attached hydrogens (tertiary/aromatic N) is 4. The molecule has 2 heterocycles. The molecule has 0 amide bonds. The Morgan fingerprint density at radius 1 is 1.21 bits per heavy atom. The lowest BCUT2D eigenvalue weighted by Crippen LogP contribution is -2.20. The summed E-state index contributed by atoms with van der Waals surface area (Å²) in [5, 5.41) is 15.1. The number of benzene rings is 1. The monoisotopic (exact) mass is 344 g/mol. The Labute approximate surface area is 144 Å². The SMILES string of the molecule is Cc1cc(C)n2nc(SC[C@@H](O)COc3ccccc3C)nc2n1. The van der Waals surface area contributed by atoms with E-state index in [0.29, 0.717) is 16.7 Å². The molecular weight excluding hydrogens is 324 g/mol. The van der Waals surface area contributed by atoms with Crippen LogP contribution < -0.4 is 4.74 Å². The minimum atomic E-state index is -0.600. The van der Waals surface area contributed by atoms with Crippen molar-refractivity contribution in [3.8, 4) is 5.75 Å². The molecule has 3 aromatic rings. The van der Waals surface area contributed by atoms with E-state index < -0.39 is 6.10 Å². The molecule has 0 unspecified atom stereocenters. The fraction of sp³-hybridized carbons (Fsp3) is 0.353. The van der Waals surface area contributed by atoms with E-state index in [4.69, 9.17) is 4.74 Å². The lowest BCUT2D eigenvalue weighted by molar-refractivity contribution is 0.126. The molecule has 126 valence electrons. The maximum atomic E-state index is 10.1. The number of rotatable bonds is 6. The van der Waals surface area contributed by atoms with Crippen molar-refractivity contribution in [3.05, 3.63) is 47.3 Å². The van der Waals surface area contributed by atoms with Gasteiger partial charge in [0, 0.05) is 17.1 Å². The van der Waals surface area contributed by atoms with Crippen LogP contribution in [0.1, 0.15) is 17.0 Å². The Morgan fingerprint density at radius 3 is 2.79 bits per heavy atom. The zero-order valence-corrected chi connectivity index (χ0v) is 14.7. The quantitative estimate of drug-likeness (QED) is 0.693. The van der Waals surface area contributed by atoms with E-state index in [1.807, 2.05) is 51.1 Å². The Hall–Kier alpha value is -2.12. The number of aliphatic hydroxyl groups is 1. The number of aromatic nitrogens is 4. The number of thioether (sulfide) groups is 1. The molecule has 6 nitrogen and oxygen atoms in total. The molecule has 0 fully saturated rings. The molecule has 7 heteroatoms. The molecule has 0 saturated carbocycles. The van der Waals surface area contributed by atoms with Crippen LogP contribution in [0.15, 0.2) is 35.5 Å². The zero-order chi connectivity index (χ0) is 17.1. The number of aliphatic hydroxyl groups excluding tert-OH is 1. The van der Waals surface area contributed by atoms with Crippen molar-refractivity contribution in [1.29, 1.82) is 0 Å². The zero-order valence-electron chi connectivity index (χ0n) is 13.9. The van der Waals surface area contributed by atoms with E-state index in [1.54, 1.807) is 4.52 Å². The number of aryl methyl sites for hydroxylation is 3. The molecule has 0 aliphatic rings. The van der Waals surface area contributed by atoms with Crippen molar-refractivity contribution in [3.63, 3.8) is 0 Å². The Morgan fingerprint density at radius 2 is 2.00 bits per heavy atom. The van der Waals surface area contributed by atoms with E-state index in [2.05, 4.69) is 15.1 Å². The lowest BCUT2D eigenvalue weighted by Gasteiger charge is -2.12. The van der Waals surface area contributed by atoms with Gasteiger partial charge in [-0.1, -0.05) is 30.0 Å². The van der Waals surface area contributed by atoms with Crippen LogP contribution in [-0.4, -0.2) is 43.2 Å². The predicted molar refractivity (Wildman–Crippen MR) is 93.7 cm³/mol. The summed E-state index contributed by atoms with van der Waals surface area (Å²) < 4.78 is 7.37. The van der Waals surface area contributed by atoms with E-state index in [0.717, 1.165) is 22.7 Å². The molecule has 0 bridgehead atoms. The molecule has 3 rings (SSSR count). The summed E-state index contributed by atoms with van der Waals surface area (Å²) in [6.07, 6.45) is -0.600. The highest BCUT2D eigenvalue weighted by atomic mass is 32.2. The average Bonchev–Trinajstić information content (AvgIpc) is 2.95. The van der Waals surface area contributed by atoms with Gasteiger partial charge >= 0.3 is 0 Å². The van der Waals surface area contributed by atoms with E-state index in [1.165, 1.54) is 11.8 Å². The second kappa shape index (κ2) is 7.19. The second-order valence-electron chi connectivity index (χ2n) is 5.69. The van der Waals surface area contributed by atoms with Crippen molar-refractivity contribution >= 4 is 17.5 Å². The predicted octanol–water partition coefficient (Wildman–Crippen LogP) is 2.58. The molecule has 0 spiro atoms. The molecule has 24 heavy (non-hydrogen) atoms. The molecule has 0 radical (unpaired) electrons. The summed E-state index contributed by atoms with van der Waals surface area (Å²) in [7, 11) is 0. The van der Waals surface area contributed by atoms with Crippen LogP contribution in [0.2, 0.25) is 0 Å². The molecule has 0 saturated heterocycles. The first-order valence-corrected chi connectivity index (χ1v) is 8.72. The summed E-state index contributed by atoms with van der Waals surface area (Å²) in [5.41, 5.74) is 2.95. The summed E-state index contributed by atoms with van der Waals surface area (Å²) in [4.78, 5) is 8.75. The van der Waals surface area contributed by atoms with Crippen molar-refractivity contribution in [2.24, 2.45) is 0 Å². The molecule has 0 aliphatic heterocycles. The van der Waals surface area contributed by atoms with Crippen LogP contribution in [0.25, 0.3) is 5.78 Å². The first-order chi connectivity index (χ1) is 11.5. The number of hydrogen-bond donors (Lipinski definition) is 1. The fourth-order valence-electron chi connectivity index (χ4n) is 2.33. The second-order valence-corrected chi connectivity index (χ2v) is 6.67. The molecule has 1 atom stereocenters. The fourth-order valence-corrected chi connectivity index (χ4v) is 3.06. The van der Waals surface area contributed by atoms with E-state index in [-0.39, 0.29) is 6.61 Å². The number of fused-ring (bicyclic) bond motifs is 1. The van der Waals surface area contributed by atoms with Crippen molar-refractivity contribution in [2.45, 2.75) is 32.0 Å². The third-order valence-corrected chi connectivity index (χ3v) is 4.51. The minimum Gasteiger partial charge on any atom is -0.491 e. The van der Waals surface area contributed by atoms with Crippen molar-refractivity contribution in [2.75, 3.05) is 12.4 Å². The van der Waals surface area contributed by atoms with Gasteiger partial charge in [0.1, 0.15) is 12.4 Å². The molecule has 0 aliphatic carbocycles. The average molecular weight is 344 g/mol. The minimum absolute atomic E-state index is 0.238. The highest BCUT2D eigenvalue weighted by Gasteiger charge is 2.12. The van der Waals surface area contributed by atoms with Gasteiger partial charge in [-0.25, -0.2) is 9.50 Å². The van der Waals surface area contributed by atoms with Gasteiger partial charge in [-0.05, 0) is 38.5 Å². The van der Waals surface area contributed by atoms with Crippen LogP contribution in [0, 0.1) is 20.8 Å². The third kappa shape index (κ3) is 3.85. The maximum Gasteiger partial charge on any atom is 0.253 e. The number of hydrogen-bond acceptors (Lipinski definition) is 6. The Balaban J connectivity index is 1.57. The Kier molecular flexibility index (Phi) is 5.01. The third-order valence-electron chi connectivity index (χ3n) is 3.53. The van der Waals surface area contributed by atoms with E-state index >= 15 is 0 Å². The smallest absolute Gasteiger partial charge is 0.253 e. The lowest BCUT2D eigenvalue weighted by atomic mass is 10.2. The van der Waals surface area contributed by atoms with Crippen LogP contribution in [0.4, 0.5) is 0 Å². The highest BCUT2D eigenvalue weighted by Crippen LogP contribution is 2.19. The van der Waals surface area contributed by atoms with Crippen molar-refractivity contribution in [1.82, 2.24) is 19.6 Å². The van der Waals surface area contributed by atoms with Gasteiger partial charge in [-0.3, -0.25) is 0 Å². The molecular formula is C17H20N4O2S. The summed E-state index contributed by atoms with van der Waals surface area (Å²) >= 11 is 1.40. The number of ether oxygens (including phenoxy) is 1. The van der Waals surface area contributed by atoms with Crippen molar-refractivity contribution < 1.29 is 9.84 Å². The molecule has 1 aromatic carbocycles. The van der Waals surface area contributed by atoms with Gasteiger partial charge in [0.25, 0.3) is 5.78 Å². The van der Waals surface area contributed by atoms with Crippen LogP contribution in [0.5, 0.6) is 5.75 Å². The first-order valence-electron chi connectivity index (χ1n) is 7.73. The summed E-state index contributed by atoms with van der Waals surface area (Å²) in [6.45, 7) is 6.12. The van der Waals surface area contributed by atoms with Gasteiger partial charge in [0.2, 0.25) is 5.16 Å². The van der Waals surface area contributed by atoms with E-state index in [9.17, 15) is 5.11 Å². The molecule has 2 aromatic heterocycles. The normalized spacial score (nSPS) is 12.5. The largest absolute Gasteiger partial charge is 0.491 e. The van der Waals surface area contributed by atoms with Crippen LogP contribution in [-0.2, 0) is 0 Å². The maximum absolute atomic E-state index is 10.1.